The minimum absolute atomic E-state index is 0.923. The normalized spacial score (nSPS) is 18.7. The number of aromatic nitrogens is 1. The van der Waals surface area contributed by atoms with E-state index < -0.39 is 0 Å². The second-order valence-corrected chi connectivity index (χ2v) is 5.86. The third kappa shape index (κ3) is 2.83. The molecule has 1 aromatic rings. The molecule has 1 aromatic heterocycles. The summed E-state index contributed by atoms with van der Waals surface area (Å²) in [6.07, 6.45) is 9.07. The molecular weight excluding hydrogens is 246 g/mol. The second kappa shape index (κ2) is 5.88. The predicted molar refractivity (Wildman–Crippen MR) is 84.7 cm³/mol. The number of fused-ring (bicyclic) bond motifs is 1. The van der Waals surface area contributed by atoms with Crippen LogP contribution in [-0.4, -0.2) is 35.2 Å². The second-order valence-electron chi connectivity index (χ2n) is 5.86. The Hall–Kier alpha value is -1.48. The third-order valence-electron chi connectivity index (χ3n) is 4.18. The first kappa shape index (κ1) is 13.5. The van der Waals surface area contributed by atoms with Crippen LogP contribution in [0, 0.1) is 0 Å². The van der Waals surface area contributed by atoms with Crippen LogP contribution >= 0.6 is 0 Å². The standard InChI is InChI=1S/C17H23N3/c1-3-4-7-20-8-5-14(6-9-20)16-11-15-10-13(2)19-17(15)18-12-16/h5,11-12H,3-4,6-10H2,1-2H3. The smallest absolute Gasteiger partial charge is 0.155 e. The predicted octanol–water partition coefficient (Wildman–Crippen LogP) is 3.62. The molecule has 0 bridgehead atoms. The van der Waals surface area contributed by atoms with Crippen molar-refractivity contribution in [2.45, 2.75) is 39.5 Å². The zero-order chi connectivity index (χ0) is 13.9. The topological polar surface area (TPSA) is 28.5 Å². The summed E-state index contributed by atoms with van der Waals surface area (Å²) in [5, 5.41) is 0. The SMILES string of the molecule is CCCCN1CC=C(c2cnc3c(c2)CC(C)=N3)CC1. The fourth-order valence-corrected chi connectivity index (χ4v) is 2.96. The van der Waals surface area contributed by atoms with Gasteiger partial charge in [-0.3, -0.25) is 4.90 Å². The molecule has 20 heavy (non-hydrogen) atoms. The highest BCUT2D eigenvalue weighted by molar-refractivity contribution is 5.91. The Morgan fingerprint density at radius 1 is 1.35 bits per heavy atom. The van der Waals surface area contributed by atoms with Gasteiger partial charge in [-0.05, 0) is 43.5 Å². The minimum Gasteiger partial charge on any atom is -0.299 e. The number of pyridine rings is 1. The van der Waals surface area contributed by atoms with Gasteiger partial charge in [0.05, 0.1) is 0 Å². The van der Waals surface area contributed by atoms with Gasteiger partial charge < -0.3 is 0 Å². The zero-order valence-electron chi connectivity index (χ0n) is 12.5. The highest BCUT2D eigenvalue weighted by Crippen LogP contribution is 2.29. The van der Waals surface area contributed by atoms with Crippen molar-refractivity contribution >= 4 is 17.1 Å². The molecule has 0 unspecified atom stereocenters. The molecule has 0 fully saturated rings. The van der Waals surface area contributed by atoms with Crippen molar-refractivity contribution in [1.29, 1.82) is 0 Å². The summed E-state index contributed by atoms with van der Waals surface area (Å²) in [4.78, 5) is 11.5. The van der Waals surface area contributed by atoms with Crippen LogP contribution in [0.4, 0.5) is 5.82 Å². The molecule has 0 atom stereocenters. The maximum Gasteiger partial charge on any atom is 0.155 e. The first-order valence-electron chi connectivity index (χ1n) is 7.71. The maximum atomic E-state index is 4.51. The number of rotatable bonds is 4. The monoisotopic (exact) mass is 269 g/mol. The van der Waals surface area contributed by atoms with Crippen LogP contribution in [0.5, 0.6) is 0 Å². The number of hydrogen-bond donors (Lipinski definition) is 0. The molecule has 2 aliphatic heterocycles. The maximum absolute atomic E-state index is 4.51. The van der Waals surface area contributed by atoms with E-state index in [2.05, 4.69) is 40.9 Å². The van der Waals surface area contributed by atoms with Gasteiger partial charge in [-0.15, -0.1) is 0 Å². The largest absolute Gasteiger partial charge is 0.299 e. The molecule has 0 spiro atoms. The highest BCUT2D eigenvalue weighted by atomic mass is 15.1. The summed E-state index contributed by atoms with van der Waals surface area (Å²) >= 11 is 0. The number of unbranched alkanes of at least 4 members (excludes halogenated alkanes) is 1. The molecule has 0 radical (unpaired) electrons. The van der Waals surface area contributed by atoms with Gasteiger partial charge in [0.1, 0.15) is 0 Å². The molecule has 106 valence electrons. The Balaban J connectivity index is 1.70. The number of nitrogens with zero attached hydrogens (tertiary/aromatic N) is 3. The van der Waals surface area contributed by atoms with Gasteiger partial charge in [0, 0.05) is 37.0 Å². The average molecular weight is 269 g/mol. The quantitative estimate of drug-likeness (QED) is 0.835. The van der Waals surface area contributed by atoms with E-state index >= 15 is 0 Å². The van der Waals surface area contributed by atoms with Gasteiger partial charge in [0.25, 0.3) is 0 Å². The summed E-state index contributed by atoms with van der Waals surface area (Å²) in [7, 11) is 0. The van der Waals surface area contributed by atoms with Crippen LogP contribution in [0.2, 0.25) is 0 Å². The van der Waals surface area contributed by atoms with E-state index in [1.807, 2.05) is 6.20 Å². The van der Waals surface area contributed by atoms with E-state index in [1.54, 1.807) is 0 Å². The Kier molecular flexibility index (Phi) is 3.97. The number of hydrogen-bond acceptors (Lipinski definition) is 3. The van der Waals surface area contributed by atoms with Gasteiger partial charge in [-0.2, -0.15) is 0 Å². The molecule has 0 saturated carbocycles. The molecule has 0 aromatic carbocycles. The van der Waals surface area contributed by atoms with Crippen LogP contribution < -0.4 is 0 Å². The van der Waals surface area contributed by atoms with Crippen molar-refractivity contribution < 1.29 is 0 Å². The van der Waals surface area contributed by atoms with Gasteiger partial charge >= 0.3 is 0 Å². The molecule has 0 saturated heterocycles. The molecule has 0 amide bonds. The zero-order valence-corrected chi connectivity index (χ0v) is 12.5. The lowest BCUT2D eigenvalue weighted by Gasteiger charge is -2.26. The molecule has 0 N–H and O–H groups in total. The minimum atomic E-state index is 0.923. The fourth-order valence-electron chi connectivity index (χ4n) is 2.96. The van der Waals surface area contributed by atoms with Crippen LogP contribution in [0.15, 0.2) is 23.3 Å². The molecule has 3 rings (SSSR count). The lowest BCUT2D eigenvalue weighted by atomic mass is 9.99. The molecule has 3 heteroatoms. The first-order valence-corrected chi connectivity index (χ1v) is 7.71. The lowest BCUT2D eigenvalue weighted by molar-refractivity contribution is 0.297. The number of aliphatic imine (C=N–C) groups is 1. The molecule has 2 aliphatic rings. The Labute approximate surface area is 121 Å². The van der Waals surface area contributed by atoms with Crippen molar-refractivity contribution in [3.63, 3.8) is 0 Å². The van der Waals surface area contributed by atoms with E-state index in [-0.39, 0.29) is 0 Å². The van der Waals surface area contributed by atoms with E-state index in [0.29, 0.717) is 0 Å². The third-order valence-corrected chi connectivity index (χ3v) is 4.18. The van der Waals surface area contributed by atoms with E-state index in [4.69, 9.17) is 0 Å². The summed E-state index contributed by atoms with van der Waals surface area (Å²) in [6.45, 7) is 7.83. The molecule has 0 aliphatic carbocycles. The lowest BCUT2D eigenvalue weighted by Crippen LogP contribution is -2.29. The Morgan fingerprint density at radius 2 is 2.25 bits per heavy atom. The summed E-state index contributed by atoms with van der Waals surface area (Å²) in [5.41, 5.74) is 5.21. The summed E-state index contributed by atoms with van der Waals surface area (Å²) < 4.78 is 0. The van der Waals surface area contributed by atoms with Crippen molar-refractivity contribution in [2.75, 3.05) is 19.6 Å². The van der Waals surface area contributed by atoms with E-state index in [1.165, 1.54) is 48.3 Å². The Bertz CT molecular complexity index is 557. The van der Waals surface area contributed by atoms with E-state index in [9.17, 15) is 0 Å². The van der Waals surface area contributed by atoms with Crippen molar-refractivity contribution in [3.8, 4) is 0 Å². The van der Waals surface area contributed by atoms with Crippen molar-refractivity contribution in [2.24, 2.45) is 4.99 Å². The van der Waals surface area contributed by atoms with E-state index in [0.717, 1.165) is 25.2 Å². The molecule has 3 nitrogen and oxygen atoms in total. The van der Waals surface area contributed by atoms with Gasteiger partial charge in [0.15, 0.2) is 5.82 Å². The Morgan fingerprint density at radius 3 is 3.00 bits per heavy atom. The van der Waals surface area contributed by atoms with Gasteiger partial charge in [-0.1, -0.05) is 19.4 Å². The highest BCUT2D eigenvalue weighted by Gasteiger charge is 2.16. The van der Waals surface area contributed by atoms with Crippen molar-refractivity contribution in [3.05, 3.63) is 29.5 Å². The van der Waals surface area contributed by atoms with Crippen LogP contribution in [0.3, 0.4) is 0 Å². The first-order chi connectivity index (χ1) is 9.76. The van der Waals surface area contributed by atoms with Crippen LogP contribution in [-0.2, 0) is 6.42 Å². The van der Waals surface area contributed by atoms with Gasteiger partial charge in [-0.25, -0.2) is 9.98 Å². The van der Waals surface area contributed by atoms with Crippen LogP contribution in [0.25, 0.3) is 5.57 Å². The average Bonchev–Trinajstić information content (AvgIpc) is 2.84. The summed E-state index contributed by atoms with van der Waals surface area (Å²) in [6, 6.07) is 2.29. The molecular formula is C17H23N3. The molecule has 3 heterocycles. The van der Waals surface area contributed by atoms with Crippen LogP contribution in [0.1, 0.15) is 44.2 Å². The fraction of sp³-hybridized carbons (Fsp3) is 0.529. The summed E-state index contributed by atoms with van der Waals surface area (Å²) in [5.74, 6) is 0.923. The van der Waals surface area contributed by atoms with Gasteiger partial charge in [0.2, 0.25) is 0 Å². The van der Waals surface area contributed by atoms with Crippen molar-refractivity contribution in [1.82, 2.24) is 9.88 Å².